The van der Waals surface area contributed by atoms with E-state index < -0.39 is 0 Å². The Morgan fingerprint density at radius 2 is 1.79 bits per heavy atom. The van der Waals surface area contributed by atoms with Gasteiger partial charge in [0.25, 0.3) is 5.91 Å². The molecule has 0 spiro atoms. The van der Waals surface area contributed by atoms with Crippen LogP contribution >= 0.6 is 23.1 Å². The third-order valence-corrected chi connectivity index (χ3v) is 7.41. The van der Waals surface area contributed by atoms with Gasteiger partial charge in [-0.1, -0.05) is 66.4 Å². The summed E-state index contributed by atoms with van der Waals surface area (Å²) in [5.74, 6) is 0.582. The normalized spacial score (nSPS) is 11.4. The van der Waals surface area contributed by atoms with Gasteiger partial charge in [0.05, 0.1) is 16.4 Å². The van der Waals surface area contributed by atoms with Crippen LogP contribution in [0.3, 0.4) is 0 Å². The lowest BCUT2D eigenvalue weighted by atomic mass is 10.0. The van der Waals surface area contributed by atoms with Crippen molar-refractivity contribution in [2.45, 2.75) is 10.1 Å². The van der Waals surface area contributed by atoms with Crippen LogP contribution in [-0.4, -0.2) is 22.2 Å². The highest BCUT2D eigenvalue weighted by atomic mass is 32.2. The monoisotopic (exact) mass is 469 g/mol. The summed E-state index contributed by atoms with van der Waals surface area (Å²) in [7, 11) is 0. The van der Waals surface area contributed by atoms with E-state index in [2.05, 4.69) is 21.6 Å². The number of nitrogens with one attached hydrogen (secondary N) is 1. The van der Waals surface area contributed by atoms with Crippen LogP contribution in [0.2, 0.25) is 0 Å². The van der Waals surface area contributed by atoms with Crippen LogP contribution < -0.4 is 5.43 Å². The Labute approximate surface area is 198 Å². The Balaban J connectivity index is 1.21. The summed E-state index contributed by atoms with van der Waals surface area (Å²) in [4.78, 5) is 17.1. The zero-order chi connectivity index (χ0) is 22.6. The molecule has 0 fully saturated rings. The minimum Gasteiger partial charge on any atom is -0.507 e. The molecule has 0 aliphatic rings. The number of rotatable bonds is 6. The molecule has 4 aromatic carbocycles. The Bertz CT molecular complexity index is 1440. The number of phenols is 1. The SMILES string of the molecule is O=C(NN=Cc1c(O)ccc2ccccc12)c1ccc(CSc2nc3ccccc3s2)cc1. The summed E-state index contributed by atoms with van der Waals surface area (Å²) in [5, 5.41) is 16.1. The van der Waals surface area contributed by atoms with Crippen molar-refractivity contribution in [1.29, 1.82) is 0 Å². The molecule has 0 atom stereocenters. The first-order chi connectivity index (χ1) is 16.2. The van der Waals surface area contributed by atoms with Crippen molar-refractivity contribution in [3.05, 3.63) is 102 Å². The van der Waals surface area contributed by atoms with Crippen LogP contribution in [0.5, 0.6) is 5.75 Å². The maximum absolute atomic E-state index is 12.5. The summed E-state index contributed by atoms with van der Waals surface area (Å²) in [6.45, 7) is 0. The first-order valence-corrected chi connectivity index (χ1v) is 12.1. The van der Waals surface area contributed by atoms with E-state index in [1.807, 2.05) is 60.7 Å². The van der Waals surface area contributed by atoms with Gasteiger partial charge in [-0.2, -0.15) is 5.10 Å². The number of benzene rings is 4. The molecular formula is C26H19N3O2S2. The molecule has 162 valence electrons. The molecule has 2 N–H and O–H groups in total. The quantitative estimate of drug-likeness (QED) is 0.176. The summed E-state index contributed by atoms with van der Waals surface area (Å²) in [6, 6.07) is 26.7. The second kappa shape index (κ2) is 9.44. The molecule has 0 unspecified atom stereocenters. The zero-order valence-corrected chi connectivity index (χ0v) is 19.1. The number of fused-ring (bicyclic) bond motifs is 2. The van der Waals surface area contributed by atoms with E-state index in [1.54, 1.807) is 41.3 Å². The lowest BCUT2D eigenvalue weighted by molar-refractivity contribution is 0.0955. The molecule has 7 heteroatoms. The molecule has 0 bridgehead atoms. The van der Waals surface area contributed by atoms with Gasteiger partial charge in [-0.25, -0.2) is 10.4 Å². The highest BCUT2D eigenvalue weighted by Gasteiger charge is 2.08. The number of nitrogens with zero attached hydrogens (tertiary/aromatic N) is 2. The van der Waals surface area contributed by atoms with Crippen molar-refractivity contribution < 1.29 is 9.90 Å². The molecule has 1 heterocycles. The topological polar surface area (TPSA) is 74.6 Å². The Kier molecular flexibility index (Phi) is 6.06. The number of phenolic OH excluding ortho intramolecular Hbond substituents is 1. The Morgan fingerprint density at radius 1 is 1.00 bits per heavy atom. The van der Waals surface area contributed by atoms with Crippen molar-refractivity contribution in [2.75, 3.05) is 0 Å². The van der Waals surface area contributed by atoms with Crippen molar-refractivity contribution in [2.24, 2.45) is 5.10 Å². The molecule has 5 aromatic rings. The summed E-state index contributed by atoms with van der Waals surface area (Å²) in [6.07, 6.45) is 1.47. The Hall–Kier alpha value is -3.68. The third kappa shape index (κ3) is 4.74. The predicted octanol–water partition coefficient (Wildman–Crippen LogP) is 6.21. The number of carbonyl (C=O) groups excluding carboxylic acids is 1. The number of hydrogen-bond donors (Lipinski definition) is 2. The average Bonchev–Trinajstić information content (AvgIpc) is 3.27. The van der Waals surface area contributed by atoms with Gasteiger partial charge in [0, 0.05) is 16.9 Å². The van der Waals surface area contributed by atoms with E-state index >= 15 is 0 Å². The molecule has 33 heavy (non-hydrogen) atoms. The molecule has 0 aliphatic carbocycles. The fourth-order valence-electron chi connectivity index (χ4n) is 3.45. The Morgan fingerprint density at radius 3 is 2.64 bits per heavy atom. The minimum atomic E-state index is -0.309. The van der Waals surface area contributed by atoms with Crippen molar-refractivity contribution in [3.63, 3.8) is 0 Å². The highest BCUT2D eigenvalue weighted by Crippen LogP contribution is 2.31. The van der Waals surface area contributed by atoms with Crippen molar-refractivity contribution in [1.82, 2.24) is 10.4 Å². The van der Waals surface area contributed by atoms with E-state index in [0.29, 0.717) is 11.1 Å². The molecule has 1 aromatic heterocycles. The molecule has 5 nitrogen and oxygen atoms in total. The van der Waals surface area contributed by atoms with E-state index in [-0.39, 0.29) is 11.7 Å². The predicted molar refractivity (Wildman–Crippen MR) is 136 cm³/mol. The largest absolute Gasteiger partial charge is 0.507 e. The van der Waals surface area contributed by atoms with Crippen LogP contribution in [0.25, 0.3) is 21.0 Å². The minimum absolute atomic E-state index is 0.113. The van der Waals surface area contributed by atoms with Crippen LogP contribution in [0.15, 0.2) is 94.4 Å². The lowest BCUT2D eigenvalue weighted by Crippen LogP contribution is -2.17. The first kappa shape index (κ1) is 21.2. The summed E-state index contributed by atoms with van der Waals surface area (Å²) >= 11 is 3.37. The van der Waals surface area contributed by atoms with Crippen LogP contribution in [0.4, 0.5) is 0 Å². The third-order valence-electron chi connectivity index (χ3n) is 5.16. The number of aromatic hydroxyl groups is 1. The number of para-hydroxylation sites is 1. The number of aromatic nitrogens is 1. The molecule has 0 saturated heterocycles. The number of hydrogen-bond acceptors (Lipinski definition) is 6. The molecule has 0 saturated carbocycles. The average molecular weight is 470 g/mol. The maximum Gasteiger partial charge on any atom is 0.271 e. The van der Waals surface area contributed by atoms with Gasteiger partial charge in [0.1, 0.15) is 5.75 Å². The second-order valence-electron chi connectivity index (χ2n) is 7.35. The van der Waals surface area contributed by atoms with Gasteiger partial charge in [-0.3, -0.25) is 4.79 Å². The van der Waals surface area contributed by atoms with Crippen molar-refractivity contribution in [3.8, 4) is 5.75 Å². The molecule has 0 aliphatic heterocycles. The first-order valence-electron chi connectivity index (χ1n) is 10.3. The van der Waals surface area contributed by atoms with Gasteiger partial charge < -0.3 is 5.11 Å². The van der Waals surface area contributed by atoms with Crippen LogP contribution in [-0.2, 0) is 5.75 Å². The van der Waals surface area contributed by atoms with Gasteiger partial charge in [0.2, 0.25) is 0 Å². The van der Waals surface area contributed by atoms with Crippen LogP contribution in [0, 0.1) is 0 Å². The van der Waals surface area contributed by atoms with E-state index in [4.69, 9.17) is 0 Å². The number of thioether (sulfide) groups is 1. The number of carbonyl (C=O) groups is 1. The zero-order valence-electron chi connectivity index (χ0n) is 17.4. The number of hydrazone groups is 1. The summed E-state index contributed by atoms with van der Waals surface area (Å²) < 4.78 is 2.22. The highest BCUT2D eigenvalue weighted by molar-refractivity contribution is 8.00. The fraction of sp³-hybridized carbons (Fsp3) is 0.0385. The lowest BCUT2D eigenvalue weighted by Gasteiger charge is -2.05. The van der Waals surface area contributed by atoms with E-state index in [9.17, 15) is 9.90 Å². The number of thiazole rings is 1. The fourth-order valence-corrected chi connectivity index (χ4v) is 5.47. The summed E-state index contributed by atoms with van der Waals surface area (Å²) in [5.41, 5.74) is 5.75. The van der Waals surface area contributed by atoms with E-state index in [0.717, 1.165) is 31.9 Å². The van der Waals surface area contributed by atoms with E-state index in [1.165, 1.54) is 10.9 Å². The maximum atomic E-state index is 12.5. The van der Waals surface area contributed by atoms with Gasteiger partial charge in [-0.15, -0.1) is 11.3 Å². The van der Waals surface area contributed by atoms with Gasteiger partial charge in [0.15, 0.2) is 4.34 Å². The van der Waals surface area contributed by atoms with Gasteiger partial charge >= 0.3 is 0 Å². The smallest absolute Gasteiger partial charge is 0.271 e. The molecular weight excluding hydrogens is 450 g/mol. The van der Waals surface area contributed by atoms with Crippen molar-refractivity contribution >= 4 is 56.2 Å². The molecule has 0 radical (unpaired) electrons. The van der Waals surface area contributed by atoms with Crippen LogP contribution in [0.1, 0.15) is 21.5 Å². The number of amides is 1. The second-order valence-corrected chi connectivity index (χ2v) is 9.60. The standard InChI is InChI=1S/C26H19N3O2S2/c30-23-14-13-18-5-1-2-6-20(18)21(23)15-27-29-25(31)19-11-9-17(10-12-19)16-32-26-28-22-7-3-4-8-24(22)33-26/h1-15,30H,16H2,(H,29,31). The van der Waals surface area contributed by atoms with Gasteiger partial charge in [-0.05, 0) is 46.7 Å². The molecule has 1 amide bonds. The molecule has 5 rings (SSSR count).